The Morgan fingerprint density at radius 1 is 1.33 bits per heavy atom. The highest BCUT2D eigenvalue weighted by Gasteiger charge is 2.24. The molecule has 0 aliphatic heterocycles. The first-order valence-electron chi connectivity index (χ1n) is 6.71. The maximum atomic E-state index is 12.1. The van der Waals surface area contributed by atoms with Gasteiger partial charge in [-0.25, -0.2) is 9.78 Å². The number of aromatic carboxylic acids is 1. The van der Waals surface area contributed by atoms with Gasteiger partial charge in [0.2, 0.25) is 5.91 Å². The molecule has 1 rings (SSSR count). The van der Waals surface area contributed by atoms with Crippen LogP contribution in [0.1, 0.15) is 49.3 Å². The van der Waals surface area contributed by atoms with Crippen molar-refractivity contribution in [2.24, 2.45) is 0 Å². The van der Waals surface area contributed by atoms with Gasteiger partial charge in [-0.3, -0.25) is 4.79 Å². The summed E-state index contributed by atoms with van der Waals surface area (Å²) in [5, 5.41) is 12.2. The largest absolute Gasteiger partial charge is 0.478 e. The summed E-state index contributed by atoms with van der Waals surface area (Å²) in [6.07, 6.45) is 0. The molecule has 5 nitrogen and oxygen atoms in total. The number of pyridine rings is 1. The number of thioether (sulfide) groups is 1. The number of aromatic nitrogens is 1. The van der Waals surface area contributed by atoms with Crippen LogP contribution in [0, 0.1) is 13.8 Å². The van der Waals surface area contributed by atoms with Crippen LogP contribution in [0.3, 0.4) is 0 Å². The first-order valence-corrected chi connectivity index (χ1v) is 7.59. The lowest BCUT2D eigenvalue weighted by atomic mass is 10.1. The zero-order valence-electron chi connectivity index (χ0n) is 13.3. The number of rotatable bonds is 4. The van der Waals surface area contributed by atoms with Crippen LogP contribution in [-0.2, 0) is 4.79 Å². The molecule has 21 heavy (non-hydrogen) atoms. The van der Waals surface area contributed by atoms with Crippen molar-refractivity contribution in [2.45, 2.75) is 57.4 Å². The molecule has 0 bridgehead atoms. The summed E-state index contributed by atoms with van der Waals surface area (Å²) in [7, 11) is 0. The van der Waals surface area contributed by atoms with Crippen molar-refractivity contribution in [3.63, 3.8) is 0 Å². The van der Waals surface area contributed by atoms with Crippen LogP contribution >= 0.6 is 11.8 Å². The number of nitrogens with zero attached hydrogens (tertiary/aromatic N) is 1. The second kappa shape index (κ2) is 6.47. The number of carbonyl (C=O) groups excluding carboxylic acids is 1. The summed E-state index contributed by atoms with van der Waals surface area (Å²) in [6.45, 7) is 11.0. The van der Waals surface area contributed by atoms with Crippen molar-refractivity contribution in [1.29, 1.82) is 0 Å². The first kappa shape index (κ1) is 17.5. The van der Waals surface area contributed by atoms with Crippen molar-refractivity contribution >= 4 is 23.6 Å². The van der Waals surface area contributed by atoms with E-state index >= 15 is 0 Å². The molecule has 1 atom stereocenters. The smallest absolute Gasteiger partial charge is 0.338 e. The second-order valence-corrected chi connectivity index (χ2v) is 7.39. The molecule has 1 aromatic rings. The average molecular weight is 310 g/mol. The Hall–Kier alpha value is -1.56. The van der Waals surface area contributed by atoms with Gasteiger partial charge in [0, 0.05) is 11.2 Å². The van der Waals surface area contributed by atoms with Gasteiger partial charge in [-0.05, 0) is 53.2 Å². The Morgan fingerprint density at radius 3 is 2.38 bits per heavy atom. The molecule has 1 heterocycles. The summed E-state index contributed by atoms with van der Waals surface area (Å²) in [5.74, 6) is -1.16. The van der Waals surface area contributed by atoms with E-state index < -0.39 is 11.2 Å². The number of carbonyl (C=O) groups is 2. The van der Waals surface area contributed by atoms with Gasteiger partial charge in [0.25, 0.3) is 0 Å². The van der Waals surface area contributed by atoms with Crippen LogP contribution in [0.4, 0.5) is 0 Å². The van der Waals surface area contributed by atoms with Crippen molar-refractivity contribution in [3.8, 4) is 0 Å². The fourth-order valence-electron chi connectivity index (χ4n) is 1.84. The van der Waals surface area contributed by atoms with Crippen LogP contribution in [0.2, 0.25) is 0 Å². The zero-order chi connectivity index (χ0) is 16.4. The Balaban J connectivity index is 3.02. The molecule has 0 aromatic carbocycles. The van der Waals surface area contributed by atoms with E-state index in [2.05, 4.69) is 10.3 Å². The van der Waals surface area contributed by atoms with Gasteiger partial charge < -0.3 is 10.4 Å². The number of carboxylic acid groups (broad SMARTS) is 1. The number of hydrogen-bond donors (Lipinski definition) is 2. The predicted molar refractivity (Wildman–Crippen MR) is 83.9 cm³/mol. The number of amides is 1. The molecule has 1 aromatic heterocycles. The van der Waals surface area contributed by atoms with Crippen LogP contribution in [-0.4, -0.2) is 32.8 Å². The summed E-state index contributed by atoms with van der Waals surface area (Å²) < 4.78 is 0. The number of aryl methyl sites for hydroxylation is 2. The molecular weight excluding hydrogens is 288 g/mol. The lowest BCUT2D eigenvalue weighted by Gasteiger charge is -2.23. The van der Waals surface area contributed by atoms with Gasteiger partial charge in [0.05, 0.1) is 10.8 Å². The van der Waals surface area contributed by atoms with Gasteiger partial charge in [-0.15, -0.1) is 0 Å². The average Bonchev–Trinajstić information content (AvgIpc) is 2.24. The standard InChI is InChI=1S/C15H22N2O3S/c1-8-7-9(2)16-13(11(8)14(19)20)21-10(3)12(18)17-15(4,5)6/h7,10H,1-6H3,(H,17,18)(H,19,20). The van der Waals surface area contributed by atoms with E-state index in [1.807, 2.05) is 27.7 Å². The topological polar surface area (TPSA) is 79.3 Å². The third kappa shape index (κ3) is 5.04. The molecule has 0 fully saturated rings. The molecule has 1 amide bonds. The number of nitrogens with one attached hydrogen (secondary N) is 1. The van der Waals surface area contributed by atoms with Crippen LogP contribution in [0.15, 0.2) is 11.1 Å². The highest BCUT2D eigenvalue weighted by atomic mass is 32.2. The zero-order valence-corrected chi connectivity index (χ0v) is 14.1. The fraction of sp³-hybridized carbons (Fsp3) is 0.533. The molecule has 0 aliphatic rings. The Morgan fingerprint density at radius 2 is 1.90 bits per heavy atom. The molecule has 0 radical (unpaired) electrons. The maximum Gasteiger partial charge on any atom is 0.338 e. The molecule has 0 saturated heterocycles. The Labute approximate surface area is 129 Å². The molecular formula is C15H22N2O3S. The van der Waals surface area contributed by atoms with Crippen LogP contribution in [0.5, 0.6) is 0 Å². The minimum absolute atomic E-state index is 0.134. The van der Waals surface area contributed by atoms with E-state index in [0.717, 1.165) is 5.69 Å². The third-order valence-corrected chi connectivity index (χ3v) is 3.77. The quantitative estimate of drug-likeness (QED) is 0.836. The van der Waals surface area contributed by atoms with E-state index in [1.165, 1.54) is 11.8 Å². The fourth-order valence-corrected chi connectivity index (χ4v) is 2.90. The molecule has 2 N–H and O–H groups in total. The van der Waals surface area contributed by atoms with E-state index in [-0.39, 0.29) is 17.0 Å². The molecule has 0 spiro atoms. The monoisotopic (exact) mass is 310 g/mol. The second-order valence-electron chi connectivity index (χ2n) is 6.07. The SMILES string of the molecule is Cc1cc(C)c(C(=O)O)c(SC(C)C(=O)NC(C)(C)C)n1. The normalized spacial score (nSPS) is 12.9. The molecule has 116 valence electrons. The van der Waals surface area contributed by atoms with Gasteiger partial charge in [0.1, 0.15) is 5.03 Å². The van der Waals surface area contributed by atoms with E-state index in [4.69, 9.17) is 0 Å². The Kier molecular flexibility index (Phi) is 5.39. The summed E-state index contributed by atoms with van der Waals surface area (Å²) in [6, 6.07) is 1.73. The lowest BCUT2D eigenvalue weighted by Crippen LogP contribution is -2.44. The van der Waals surface area contributed by atoms with Gasteiger partial charge in [-0.2, -0.15) is 0 Å². The van der Waals surface area contributed by atoms with Gasteiger partial charge in [0.15, 0.2) is 0 Å². The van der Waals surface area contributed by atoms with Crippen molar-refractivity contribution in [3.05, 3.63) is 22.9 Å². The summed E-state index contributed by atoms with van der Waals surface area (Å²) in [4.78, 5) is 27.8. The third-order valence-electron chi connectivity index (χ3n) is 2.68. The first-order chi connectivity index (χ1) is 9.51. The summed E-state index contributed by atoms with van der Waals surface area (Å²) in [5.41, 5.74) is 1.24. The van der Waals surface area contributed by atoms with Gasteiger partial charge >= 0.3 is 5.97 Å². The van der Waals surface area contributed by atoms with E-state index in [1.54, 1.807) is 19.9 Å². The lowest BCUT2D eigenvalue weighted by molar-refractivity contribution is -0.121. The van der Waals surface area contributed by atoms with Crippen molar-refractivity contribution < 1.29 is 14.7 Å². The maximum absolute atomic E-state index is 12.1. The highest BCUT2D eigenvalue weighted by molar-refractivity contribution is 8.00. The number of hydrogen-bond acceptors (Lipinski definition) is 4. The molecule has 1 unspecified atom stereocenters. The van der Waals surface area contributed by atoms with Crippen molar-refractivity contribution in [2.75, 3.05) is 0 Å². The van der Waals surface area contributed by atoms with Gasteiger partial charge in [-0.1, -0.05) is 11.8 Å². The predicted octanol–water partition coefficient (Wildman–Crippen LogP) is 2.79. The minimum Gasteiger partial charge on any atom is -0.478 e. The highest BCUT2D eigenvalue weighted by Crippen LogP contribution is 2.28. The number of carboxylic acids is 1. The molecule has 0 aliphatic carbocycles. The summed E-state index contributed by atoms with van der Waals surface area (Å²) >= 11 is 1.17. The molecule has 6 heteroatoms. The van der Waals surface area contributed by atoms with E-state index in [9.17, 15) is 14.7 Å². The van der Waals surface area contributed by atoms with E-state index in [0.29, 0.717) is 10.6 Å². The van der Waals surface area contributed by atoms with Crippen LogP contribution < -0.4 is 5.32 Å². The Bertz CT molecular complexity index is 565. The van der Waals surface area contributed by atoms with Crippen molar-refractivity contribution in [1.82, 2.24) is 10.3 Å². The minimum atomic E-state index is -1.02. The molecule has 0 saturated carbocycles. The van der Waals surface area contributed by atoms with Crippen LogP contribution in [0.25, 0.3) is 0 Å².